The van der Waals surface area contributed by atoms with Gasteiger partial charge in [-0.05, 0) is 48.2 Å². The average Bonchev–Trinajstić information content (AvgIpc) is 2.82. The summed E-state index contributed by atoms with van der Waals surface area (Å²) < 4.78 is 48.5. The van der Waals surface area contributed by atoms with Gasteiger partial charge in [-0.1, -0.05) is 56.3 Å². The summed E-state index contributed by atoms with van der Waals surface area (Å²) in [5.74, 6) is -0.680. The Hall–Kier alpha value is -3.98. The molecule has 1 heterocycles. The van der Waals surface area contributed by atoms with E-state index in [1.165, 1.54) is 24.3 Å². The highest BCUT2D eigenvalue weighted by molar-refractivity contribution is 7.92. The van der Waals surface area contributed by atoms with E-state index in [0.717, 1.165) is 16.7 Å². The molecule has 9 heteroatoms. The summed E-state index contributed by atoms with van der Waals surface area (Å²) in [6.45, 7) is 5.87. The van der Waals surface area contributed by atoms with Gasteiger partial charge < -0.3 is 10.5 Å². The molecule has 0 amide bonds. The van der Waals surface area contributed by atoms with Crippen molar-refractivity contribution >= 4 is 21.7 Å². The lowest BCUT2D eigenvalue weighted by molar-refractivity contribution is 0.427. The molecule has 1 aromatic heterocycles. The van der Waals surface area contributed by atoms with E-state index in [0.29, 0.717) is 11.4 Å². The second kappa shape index (κ2) is 9.71. The third-order valence-electron chi connectivity index (χ3n) is 5.40. The van der Waals surface area contributed by atoms with Gasteiger partial charge in [-0.25, -0.2) is 22.5 Å². The maximum atomic E-state index is 14.2. The first-order valence-corrected chi connectivity index (χ1v) is 12.4. The molecule has 3 aromatic carbocycles. The monoisotopic (exact) mass is 492 g/mol. The number of anilines is 2. The van der Waals surface area contributed by atoms with Crippen molar-refractivity contribution in [3.05, 3.63) is 89.7 Å². The Labute approximate surface area is 203 Å². The van der Waals surface area contributed by atoms with Crippen LogP contribution in [0.4, 0.5) is 16.0 Å². The molecular formula is C26H25FN4O3S. The number of nitrogens with zero attached hydrogens (tertiary/aromatic N) is 2. The highest BCUT2D eigenvalue weighted by Crippen LogP contribution is 2.32. The Kier molecular flexibility index (Phi) is 6.70. The first-order valence-electron chi connectivity index (χ1n) is 10.9. The Morgan fingerprint density at radius 3 is 2.40 bits per heavy atom. The van der Waals surface area contributed by atoms with Crippen molar-refractivity contribution in [3.8, 4) is 22.9 Å². The van der Waals surface area contributed by atoms with Crippen molar-refractivity contribution in [1.29, 1.82) is 0 Å². The zero-order valence-corrected chi connectivity index (χ0v) is 20.3. The van der Waals surface area contributed by atoms with Crippen LogP contribution in [0.15, 0.2) is 77.7 Å². The van der Waals surface area contributed by atoms with E-state index in [4.69, 9.17) is 10.5 Å². The van der Waals surface area contributed by atoms with Gasteiger partial charge in [0.1, 0.15) is 0 Å². The van der Waals surface area contributed by atoms with Crippen LogP contribution in [0.1, 0.15) is 30.9 Å². The Morgan fingerprint density at radius 2 is 1.69 bits per heavy atom. The fourth-order valence-electron chi connectivity index (χ4n) is 3.50. The summed E-state index contributed by atoms with van der Waals surface area (Å²) in [7, 11) is -4.06. The minimum atomic E-state index is -4.06. The fourth-order valence-corrected chi connectivity index (χ4v) is 4.48. The molecule has 4 rings (SSSR count). The van der Waals surface area contributed by atoms with Gasteiger partial charge in [0, 0.05) is 17.3 Å². The molecule has 180 valence electrons. The first kappa shape index (κ1) is 24.2. The number of aromatic nitrogens is 2. The number of benzene rings is 3. The molecule has 0 aliphatic carbocycles. The first-order chi connectivity index (χ1) is 16.6. The number of hydrogen-bond acceptors (Lipinski definition) is 6. The Bertz CT molecular complexity index is 1490. The molecule has 0 bridgehead atoms. The summed E-state index contributed by atoms with van der Waals surface area (Å²) in [6.07, 6.45) is 0. The van der Waals surface area contributed by atoms with Crippen molar-refractivity contribution in [1.82, 2.24) is 9.97 Å². The van der Waals surface area contributed by atoms with Gasteiger partial charge in [0.2, 0.25) is 11.8 Å². The van der Waals surface area contributed by atoms with Crippen LogP contribution in [0.2, 0.25) is 0 Å². The molecule has 0 saturated carbocycles. The zero-order chi connectivity index (χ0) is 25.2. The minimum Gasteiger partial charge on any atom is -0.436 e. The smallest absolute Gasteiger partial charge is 0.264 e. The molecule has 0 aliphatic rings. The predicted molar refractivity (Wildman–Crippen MR) is 134 cm³/mol. The number of para-hydroxylation sites is 1. The van der Waals surface area contributed by atoms with Crippen molar-refractivity contribution in [2.45, 2.75) is 31.6 Å². The van der Waals surface area contributed by atoms with Crippen LogP contribution in [0.25, 0.3) is 11.3 Å². The molecule has 0 atom stereocenters. The normalized spacial score (nSPS) is 11.5. The number of aryl methyl sites for hydroxylation is 1. The van der Waals surface area contributed by atoms with Crippen LogP contribution in [0.5, 0.6) is 11.6 Å². The predicted octanol–water partition coefficient (Wildman–Crippen LogP) is 5.89. The van der Waals surface area contributed by atoms with Gasteiger partial charge in [-0.2, -0.15) is 4.98 Å². The maximum Gasteiger partial charge on any atom is 0.264 e. The van der Waals surface area contributed by atoms with Gasteiger partial charge in [0.05, 0.1) is 10.6 Å². The summed E-state index contributed by atoms with van der Waals surface area (Å²) in [4.78, 5) is 8.62. The topological polar surface area (TPSA) is 107 Å². The zero-order valence-electron chi connectivity index (χ0n) is 19.5. The minimum absolute atomic E-state index is 0.0141. The molecule has 0 saturated heterocycles. The summed E-state index contributed by atoms with van der Waals surface area (Å²) >= 11 is 0. The maximum absolute atomic E-state index is 14.2. The van der Waals surface area contributed by atoms with E-state index in [1.807, 2.05) is 38.1 Å². The Balaban J connectivity index is 1.81. The van der Waals surface area contributed by atoms with E-state index in [9.17, 15) is 12.8 Å². The van der Waals surface area contributed by atoms with Crippen LogP contribution < -0.4 is 15.2 Å². The van der Waals surface area contributed by atoms with Crippen LogP contribution in [-0.4, -0.2) is 18.4 Å². The highest BCUT2D eigenvalue weighted by Gasteiger charge is 2.20. The van der Waals surface area contributed by atoms with Gasteiger partial charge in [-0.3, -0.25) is 0 Å². The number of hydrogen-bond donors (Lipinski definition) is 2. The molecule has 7 nitrogen and oxygen atoms in total. The Morgan fingerprint density at radius 1 is 0.971 bits per heavy atom. The van der Waals surface area contributed by atoms with Crippen LogP contribution in [0.3, 0.4) is 0 Å². The van der Waals surface area contributed by atoms with Crippen LogP contribution in [-0.2, 0) is 10.0 Å². The standard InChI is InChI=1S/C26H25FN4O3S/c1-16(2)19-8-4-5-9-20(19)23-15-25(34-24-11-7-6-10-21(24)27)30-26(29-23)31-35(32,33)18-13-12-17(3)22(28)14-18/h4-16H,28H2,1-3H3,(H,29,30,31). The van der Waals surface area contributed by atoms with Crippen LogP contribution in [0, 0.1) is 12.7 Å². The third-order valence-corrected chi connectivity index (χ3v) is 6.73. The lowest BCUT2D eigenvalue weighted by atomic mass is 9.95. The second-order valence-electron chi connectivity index (χ2n) is 8.31. The average molecular weight is 493 g/mol. The fraction of sp³-hybridized carbons (Fsp3) is 0.154. The molecule has 4 aromatic rings. The van der Waals surface area contributed by atoms with Gasteiger partial charge in [-0.15, -0.1) is 0 Å². The largest absolute Gasteiger partial charge is 0.436 e. The van der Waals surface area contributed by atoms with Crippen molar-refractivity contribution in [2.75, 3.05) is 10.5 Å². The molecule has 0 spiro atoms. The molecule has 0 fully saturated rings. The van der Waals surface area contributed by atoms with E-state index in [2.05, 4.69) is 14.7 Å². The van der Waals surface area contributed by atoms with Gasteiger partial charge in [0.15, 0.2) is 11.6 Å². The van der Waals surface area contributed by atoms with Gasteiger partial charge in [0.25, 0.3) is 10.0 Å². The van der Waals surface area contributed by atoms with Gasteiger partial charge >= 0.3 is 0 Å². The molecule has 3 N–H and O–H groups in total. The second-order valence-corrected chi connectivity index (χ2v) is 10.00. The number of nitrogens with one attached hydrogen (secondary N) is 1. The number of nitrogen functional groups attached to an aromatic ring is 1. The summed E-state index contributed by atoms with van der Waals surface area (Å²) in [5, 5.41) is 0. The third kappa shape index (κ3) is 5.41. The summed E-state index contributed by atoms with van der Waals surface area (Å²) in [6, 6.07) is 19.5. The lowest BCUT2D eigenvalue weighted by Gasteiger charge is -2.15. The molecule has 35 heavy (non-hydrogen) atoms. The van der Waals surface area contributed by atoms with Crippen LogP contribution >= 0.6 is 0 Å². The highest BCUT2D eigenvalue weighted by atomic mass is 32.2. The number of ether oxygens (including phenoxy) is 1. The van der Waals surface area contributed by atoms with E-state index >= 15 is 0 Å². The van der Waals surface area contributed by atoms with Crippen molar-refractivity contribution in [3.63, 3.8) is 0 Å². The summed E-state index contributed by atoms with van der Waals surface area (Å²) in [5.41, 5.74) is 9.21. The molecule has 0 aliphatic heterocycles. The number of halogens is 1. The quantitative estimate of drug-likeness (QED) is 0.312. The number of sulfonamides is 1. The molecular weight excluding hydrogens is 467 g/mol. The number of nitrogens with two attached hydrogens (primary N) is 1. The number of rotatable bonds is 7. The van der Waals surface area contributed by atoms with E-state index in [1.54, 1.807) is 31.2 Å². The van der Waals surface area contributed by atoms with E-state index in [-0.39, 0.29) is 28.4 Å². The lowest BCUT2D eigenvalue weighted by Crippen LogP contribution is -2.16. The van der Waals surface area contributed by atoms with E-state index < -0.39 is 15.8 Å². The molecule has 0 radical (unpaired) electrons. The molecule has 0 unspecified atom stereocenters. The van der Waals surface area contributed by atoms with Crippen molar-refractivity contribution < 1.29 is 17.5 Å². The SMILES string of the molecule is Cc1ccc(S(=O)(=O)Nc2nc(Oc3ccccc3F)cc(-c3ccccc3C(C)C)n2)cc1N. The van der Waals surface area contributed by atoms with Crippen molar-refractivity contribution in [2.24, 2.45) is 0 Å².